The van der Waals surface area contributed by atoms with Gasteiger partial charge in [-0.1, -0.05) is 0 Å². The van der Waals surface area contributed by atoms with E-state index in [1.54, 1.807) is 24.1 Å². The fourth-order valence-corrected chi connectivity index (χ4v) is 3.28. The van der Waals surface area contributed by atoms with E-state index >= 15 is 0 Å². The Balaban J connectivity index is 1.47. The van der Waals surface area contributed by atoms with Gasteiger partial charge in [0.15, 0.2) is 0 Å². The third-order valence-electron chi connectivity index (χ3n) is 4.66. The molecule has 0 bridgehead atoms. The molecule has 1 aliphatic heterocycles. The van der Waals surface area contributed by atoms with Gasteiger partial charge in [-0.15, -0.1) is 0 Å². The highest BCUT2D eigenvalue weighted by molar-refractivity contribution is 9.10. The van der Waals surface area contributed by atoms with Crippen molar-refractivity contribution in [2.45, 2.75) is 25.8 Å². The molecule has 3 rings (SSSR count). The number of aromatic nitrogens is 1. The van der Waals surface area contributed by atoms with Gasteiger partial charge in [-0.25, -0.2) is 4.98 Å². The molecule has 0 radical (unpaired) electrons. The van der Waals surface area contributed by atoms with Crippen molar-refractivity contribution in [1.82, 2.24) is 15.2 Å². The third kappa shape index (κ3) is 4.98. The molecule has 1 atom stereocenters. The summed E-state index contributed by atoms with van der Waals surface area (Å²) in [5.41, 5.74) is 0.372. The number of nitrogens with one attached hydrogen (secondary N) is 2. The Bertz CT molecular complexity index is 830. The quantitative estimate of drug-likeness (QED) is 0.730. The molecular formula is C19H21BrN4O4. The molecule has 148 valence electrons. The molecule has 2 N–H and O–H groups in total. The van der Waals surface area contributed by atoms with E-state index in [2.05, 4.69) is 31.5 Å². The molecule has 0 spiro atoms. The highest BCUT2D eigenvalue weighted by Crippen LogP contribution is 2.20. The maximum Gasteiger partial charge on any atom is 0.255 e. The second kappa shape index (κ2) is 9.01. The van der Waals surface area contributed by atoms with E-state index in [4.69, 9.17) is 4.42 Å². The van der Waals surface area contributed by atoms with Crippen molar-refractivity contribution in [2.75, 3.05) is 18.4 Å². The summed E-state index contributed by atoms with van der Waals surface area (Å²) >= 11 is 3.30. The molecule has 3 amide bonds. The molecule has 28 heavy (non-hydrogen) atoms. The summed E-state index contributed by atoms with van der Waals surface area (Å²) in [5.74, 6) is -0.285. The molecule has 1 aliphatic rings. The number of pyridine rings is 1. The molecule has 0 saturated carbocycles. The number of rotatable bonds is 5. The maximum atomic E-state index is 12.6. The zero-order valence-electron chi connectivity index (χ0n) is 15.4. The fourth-order valence-electron chi connectivity index (χ4n) is 3.05. The second-order valence-electron chi connectivity index (χ2n) is 6.66. The van der Waals surface area contributed by atoms with Gasteiger partial charge in [-0.05, 0) is 53.9 Å². The normalized spacial score (nSPS) is 15.7. The first-order valence-electron chi connectivity index (χ1n) is 8.98. The van der Waals surface area contributed by atoms with Gasteiger partial charge in [0.2, 0.25) is 11.8 Å². The van der Waals surface area contributed by atoms with Crippen LogP contribution in [0, 0.1) is 5.92 Å². The Labute approximate surface area is 170 Å². The number of hydrogen-bond acceptors (Lipinski definition) is 5. The van der Waals surface area contributed by atoms with Crippen LogP contribution in [0.25, 0.3) is 0 Å². The topological polar surface area (TPSA) is 105 Å². The highest BCUT2D eigenvalue weighted by Gasteiger charge is 2.30. The largest absolute Gasteiger partial charge is 0.472 e. The minimum Gasteiger partial charge on any atom is -0.472 e. The number of halogens is 1. The zero-order valence-corrected chi connectivity index (χ0v) is 16.9. The Morgan fingerprint density at radius 1 is 1.25 bits per heavy atom. The molecule has 9 heteroatoms. The highest BCUT2D eigenvalue weighted by atomic mass is 79.9. The van der Waals surface area contributed by atoms with E-state index in [1.165, 1.54) is 18.6 Å². The number of carbonyl (C=O) groups is 3. The van der Waals surface area contributed by atoms with Gasteiger partial charge >= 0.3 is 0 Å². The van der Waals surface area contributed by atoms with Gasteiger partial charge in [0, 0.05) is 29.7 Å². The standard InChI is InChI=1S/C19H21BrN4O4/c1-12(22-18(26)14-6-9-28-11-14)19(27)24-7-4-13(5-8-24)17(25)23-16-3-2-15(20)10-21-16/h2-3,6,9-13H,4-5,7-8H2,1H3,(H,22,26)(H,21,23,25). The summed E-state index contributed by atoms with van der Waals surface area (Å²) in [7, 11) is 0. The SMILES string of the molecule is CC(NC(=O)c1ccoc1)C(=O)N1CCC(C(=O)Nc2ccc(Br)cn2)CC1. The Hall–Kier alpha value is -2.68. The lowest BCUT2D eigenvalue weighted by Crippen LogP contribution is -2.50. The number of amides is 3. The van der Waals surface area contributed by atoms with E-state index in [0.29, 0.717) is 37.3 Å². The predicted octanol–water partition coefficient (Wildman–Crippen LogP) is 2.43. The smallest absolute Gasteiger partial charge is 0.255 e. The van der Waals surface area contributed by atoms with Gasteiger partial charge in [-0.3, -0.25) is 14.4 Å². The number of carbonyl (C=O) groups excluding carboxylic acids is 3. The number of anilines is 1. The van der Waals surface area contributed by atoms with Crippen LogP contribution in [0.3, 0.4) is 0 Å². The molecule has 2 aromatic rings. The van der Waals surface area contributed by atoms with Crippen molar-refractivity contribution in [3.05, 3.63) is 47.0 Å². The van der Waals surface area contributed by atoms with Crippen LogP contribution in [0.5, 0.6) is 0 Å². The van der Waals surface area contributed by atoms with Gasteiger partial charge in [0.25, 0.3) is 5.91 Å². The van der Waals surface area contributed by atoms with E-state index in [9.17, 15) is 14.4 Å². The van der Waals surface area contributed by atoms with Crippen LogP contribution >= 0.6 is 15.9 Å². The van der Waals surface area contributed by atoms with Crippen molar-refractivity contribution in [3.63, 3.8) is 0 Å². The van der Waals surface area contributed by atoms with E-state index in [0.717, 1.165) is 4.47 Å². The number of likely N-dealkylation sites (tertiary alicyclic amines) is 1. The van der Waals surface area contributed by atoms with Gasteiger partial charge in [0.05, 0.1) is 11.8 Å². The maximum absolute atomic E-state index is 12.6. The second-order valence-corrected chi connectivity index (χ2v) is 7.57. The average molecular weight is 449 g/mol. The molecule has 0 aromatic carbocycles. The lowest BCUT2D eigenvalue weighted by atomic mass is 9.95. The molecule has 1 unspecified atom stereocenters. The first-order chi connectivity index (χ1) is 13.4. The van der Waals surface area contributed by atoms with Crippen molar-refractivity contribution in [1.29, 1.82) is 0 Å². The van der Waals surface area contributed by atoms with Crippen molar-refractivity contribution >= 4 is 39.5 Å². The summed E-state index contributed by atoms with van der Waals surface area (Å²) in [6.45, 7) is 2.59. The summed E-state index contributed by atoms with van der Waals surface area (Å²) in [5, 5.41) is 5.48. The molecule has 2 aromatic heterocycles. The number of nitrogens with zero attached hydrogens (tertiary/aromatic N) is 2. The Morgan fingerprint density at radius 2 is 2.00 bits per heavy atom. The van der Waals surface area contributed by atoms with Gasteiger partial charge < -0.3 is 20.0 Å². The Kier molecular flexibility index (Phi) is 6.45. The summed E-state index contributed by atoms with van der Waals surface area (Å²) in [4.78, 5) is 42.8. The van der Waals surface area contributed by atoms with Gasteiger partial charge in [-0.2, -0.15) is 0 Å². The molecule has 1 fully saturated rings. The average Bonchev–Trinajstić information content (AvgIpc) is 3.24. The van der Waals surface area contributed by atoms with Crippen LogP contribution in [0.15, 0.2) is 45.8 Å². The molecule has 8 nitrogen and oxygen atoms in total. The van der Waals surface area contributed by atoms with Gasteiger partial charge in [0.1, 0.15) is 18.1 Å². The van der Waals surface area contributed by atoms with Crippen LogP contribution in [-0.4, -0.2) is 46.7 Å². The lowest BCUT2D eigenvalue weighted by Gasteiger charge is -2.33. The minimum absolute atomic E-state index is 0.0942. The van der Waals surface area contributed by atoms with Crippen LogP contribution in [0.1, 0.15) is 30.1 Å². The molecular weight excluding hydrogens is 428 g/mol. The number of piperidine rings is 1. The molecule has 3 heterocycles. The third-order valence-corrected chi connectivity index (χ3v) is 5.13. The summed E-state index contributed by atoms with van der Waals surface area (Å²) < 4.78 is 5.71. The van der Waals surface area contributed by atoms with Crippen LogP contribution < -0.4 is 10.6 Å². The van der Waals surface area contributed by atoms with Crippen molar-refractivity contribution in [3.8, 4) is 0 Å². The number of furan rings is 1. The van der Waals surface area contributed by atoms with E-state index < -0.39 is 6.04 Å². The lowest BCUT2D eigenvalue weighted by molar-refractivity contribution is -0.135. The van der Waals surface area contributed by atoms with Crippen LogP contribution in [0.4, 0.5) is 5.82 Å². The number of hydrogen-bond donors (Lipinski definition) is 2. The minimum atomic E-state index is -0.653. The zero-order chi connectivity index (χ0) is 20.1. The van der Waals surface area contributed by atoms with Crippen molar-refractivity contribution < 1.29 is 18.8 Å². The van der Waals surface area contributed by atoms with Crippen LogP contribution in [-0.2, 0) is 9.59 Å². The molecule has 0 aliphatic carbocycles. The summed E-state index contributed by atoms with van der Waals surface area (Å²) in [6, 6.07) is 4.42. The first kappa shape index (κ1) is 20.1. The predicted molar refractivity (Wildman–Crippen MR) is 106 cm³/mol. The van der Waals surface area contributed by atoms with Crippen LogP contribution in [0.2, 0.25) is 0 Å². The fraction of sp³-hybridized carbons (Fsp3) is 0.368. The van der Waals surface area contributed by atoms with E-state index in [1.807, 2.05) is 6.07 Å². The molecule has 1 saturated heterocycles. The van der Waals surface area contributed by atoms with E-state index in [-0.39, 0.29) is 23.6 Å². The summed E-state index contributed by atoms with van der Waals surface area (Å²) in [6.07, 6.45) is 5.49. The Morgan fingerprint density at radius 3 is 2.61 bits per heavy atom. The first-order valence-corrected chi connectivity index (χ1v) is 9.77. The van der Waals surface area contributed by atoms with Crippen molar-refractivity contribution in [2.24, 2.45) is 5.92 Å². The monoisotopic (exact) mass is 448 g/mol.